The zero-order valence-corrected chi connectivity index (χ0v) is 12.3. The molecule has 0 fully saturated rings. The number of ether oxygens (including phenoxy) is 1. The first-order chi connectivity index (χ1) is 10.1. The standard InChI is InChI=1S/C15H16ClN3O2/c1-21-13(10-2-4-12(16)5-3-10)9-19-14-8-11(15(17)20)6-7-18-14/h2-8,13H,9H2,1H3,(H2,17,20)(H,18,19)/t13-/m0/s1. The monoisotopic (exact) mass is 305 g/mol. The van der Waals surface area contributed by atoms with E-state index in [4.69, 9.17) is 22.1 Å². The highest BCUT2D eigenvalue weighted by molar-refractivity contribution is 6.30. The van der Waals surface area contributed by atoms with E-state index in [0.29, 0.717) is 22.9 Å². The topological polar surface area (TPSA) is 77.2 Å². The fourth-order valence-electron chi connectivity index (χ4n) is 1.89. The molecule has 0 aliphatic rings. The number of carbonyl (C=O) groups excluding carboxylic acids is 1. The van der Waals surface area contributed by atoms with Crippen LogP contribution in [0.5, 0.6) is 0 Å². The summed E-state index contributed by atoms with van der Waals surface area (Å²) < 4.78 is 5.45. The van der Waals surface area contributed by atoms with Gasteiger partial charge in [-0.05, 0) is 29.8 Å². The van der Waals surface area contributed by atoms with Crippen LogP contribution in [-0.4, -0.2) is 24.5 Å². The summed E-state index contributed by atoms with van der Waals surface area (Å²) in [6.45, 7) is 0.507. The van der Waals surface area contributed by atoms with Crippen LogP contribution in [-0.2, 0) is 4.74 Å². The minimum Gasteiger partial charge on any atom is -0.375 e. The molecule has 0 bridgehead atoms. The SMILES string of the molecule is CO[C@@H](CNc1cc(C(N)=O)ccn1)c1ccc(Cl)cc1. The number of pyridine rings is 1. The molecule has 21 heavy (non-hydrogen) atoms. The number of anilines is 1. The number of halogens is 1. The molecule has 2 aromatic rings. The molecule has 1 atom stereocenters. The first kappa shape index (κ1) is 15.3. The first-order valence-electron chi connectivity index (χ1n) is 6.38. The Balaban J connectivity index is 2.04. The lowest BCUT2D eigenvalue weighted by atomic mass is 10.1. The van der Waals surface area contributed by atoms with Gasteiger partial charge in [-0.25, -0.2) is 4.98 Å². The minimum absolute atomic E-state index is 0.152. The fourth-order valence-corrected chi connectivity index (χ4v) is 2.02. The number of amides is 1. The molecule has 1 aromatic heterocycles. The molecule has 1 amide bonds. The second kappa shape index (κ2) is 7.06. The lowest BCUT2D eigenvalue weighted by molar-refractivity contribution is 0.1000. The van der Waals surface area contributed by atoms with Gasteiger partial charge in [-0.1, -0.05) is 23.7 Å². The van der Waals surface area contributed by atoms with Gasteiger partial charge in [-0.2, -0.15) is 0 Å². The number of benzene rings is 1. The normalized spacial score (nSPS) is 11.9. The number of hydrogen-bond donors (Lipinski definition) is 2. The third-order valence-electron chi connectivity index (χ3n) is 3.04. The van der Waals surface area contributed by atoms with Gasteiger partial charge in [0.15, 0.2) is 0 Å². The van der Waals surface area contributed by atoms with E-state index in [0.717, 1.165) is 5.56 Å². The summed E-state index contributed by atoms with van der Waals surface area (Å²) in [6.07, 6.45) is 1.38. The quantitative estimate of drug-likeness (QED) is 0.860. The van der Waals surface area contributed by atoms with E-state index in [1.165, 1.54) is 6.20 Å². The van der Waals surface area contributed by atoms with Crippen molar-refractivity contribution in [1.82, 2.24) is 4.98 Å². The van der Waals surface area contributed by atoms with Crippen molar-refractivity contribution in [1.29, 1.82) is 0 Å². The zero-order valence-electron chi connectivity index (χ0n) is 11.5. The van der Waals surface area contributed by atoms with Crippen LogP contribution in [0.25, 0.3) is 0 Å². The molecule has 1 heterocycles. The number of nitrogens with one attached hydrogen (secondary N) is 1. The van der Waals surface area contributed by atoms with E-state index in [-0.39, 0.29) is 6.10 Å². The van der Waals surface area contributed by atoms with E-state index in [1.54, 1.807) is 19.2 Å². The summed E-state index contributed by atoms with van der Waals surface area (Å²) in [5.41, 5.74) is 6.65. The average molecular weight is 306 g/mol. The van der Waals surface area contributed by atoms with E-state index in [9.17, 15) is 4.79 Å². The van der Waals surface area contributed by atoms with E-state index < -0.39 is 5.91 Å². The maximum Gasteiger partial charge on any atom is 0.248 e. The highest BCUT2D eigenvalue weighted by Gasteiger charge is 2.11. The van der Waals surface area contributed by atoms with Crippen molar-refractivity contribution in [3.8, 4) is 0 Å². The molecule has 0 saturated heterocycles. The number of methoxy groups -OCH3 is 1. The highest BCUT2D eigenvalue weighted by atomic mass is 35.5. The summed E-state index contributed by atoms with van der Waals surface area (Å²) in [5.74, 6) is 0.0868. The summed E-state index contributed by atoms with van der Waals surface area (Å²) in [6, 6.07) is 10.6. The Hall–Kier alpha value is -2.11. The van der Waals surface area contributed by atoms with E-state index in [1.807, 2.05) is 24.3 Å². The van der Waals surface area contributed by atoms with Gasteiger partial charge in [0.25, 0.3) is 0 Å². The summed E-state index contributed by atoms with van der Waals surface area (Å²) in [5, 5.41) is 3.81. The van der Waals surface area contributed by atoms with Crippen LogP contribution in [0.3, 0.4) is 0 Å². The highest BCUT2D eigenvalue weighted by Crippen LogP contribution is 2.20. The van der Waals surface area contributed by atoms with Crippen molar-refractivity contribution in [2.45, 2.75) is 6.10 Å². The fraction of sp³-hybridized carbons (Fsp3) is 0.200. The number of hydrogen-bond acceptors (Lipinski definition) is 4. The molecular weight excluding hydrogens is 290 g/mol. The Morgan fingerprint density at radius 2 is 2.10 bits per heavy atom. The van der Waals surface area contributed by atoms with Gasteiger partial charge in [0, 0.05) is 30.4 Å². The minimum atomic E-state index is -0.485. The molecular formula is C15H16ClN3O2. The molecule has 0 aliphatic carbocycles. The van der Waals surface area contributed by atoms with Crippen LogP contribution >= 0.6 is 11.6 Å². The number of primary amides is 1. The molecule has 0 aliphatic heterocycles. The maximum absolute atomic E-state index is 11.1. The predicted octanol–water partition coefficient (Wildman–Crippen LogP) is 2.63. The molecule has 0 spiro atoms. The number of nitrogens with zero attached hydrogens (tertiary/aromatic N) is 1. The largest absolute Gasteiger partial charge is 0.375 e. The van der Waals surface area contributed by atoms with Crippen LogP contribution < -0.4 is 11.1 Å². The second-order valence-corrected chi connectivity index (χ2v) is 4.89. The van der Waals surface area contributed by atoms with Crippen LogP contribution in [0.2, 0.25) is 5.02 Å². The van der Waals surface area contributed by atoms with E-state index >= 15 is 0 Å². The van der Waals surface area contributed by atoms with Gasteiger partial charge in [0.1, 0.15) is 5.82 Å². The molecule has 3 N–H and O–H groups in total. The average Bonchev–Trinajstić information content (AvgIpc) is 2.50. The van der Waals surface area contributed by atoms with Crippen LogP contribution in [0.4, 0.5) is 5.82 Å². The molecule has 5 nitrogen and oxygen atoms in total. The smallest absolute Gasteiger partial charge is 0.248 e. The molecule has 0 radical (unpaired) electrons. The van der Waals surface area contributed by atoms with Crippen molar-refractivity contribution in [3.63, 3.8) is 0 Å². The third-order valence-corrected chi connectivity index (χ3v) is 3.29. The lowest BCUT2D eigenvalue weighted by Crippen LogP contribution is -2.16. The van der Waals surface area contributed by atoms with Crippen molar-refractivity contribution >= 4 is 23.3 Å². The number of rotatable bonds is 6. The number of carbonyl (C=O) groups is 1. The number of nitrogens with two attached hydrogens (primary N) is 1. The van der Waals surface area contributed by atoms with Gasteiger partial charge >= 0.3 is 0 Å². The first-order valence-corrected chi connectivity index (χ1v) is 6.76. The van der Waals surface area contributed by atoms with Crippen molar-refractivity contribution in [3.05, 3.63) is 58.7 Å². The lowest BCUT2D eigenvalue weighted by Gasteiger charge is -2.17. The van der Waals surface area contributed by atoms with E-state index in [2.05, 4.69) is 10.3 Å². The summed E-state index contributed by atoms with van der Waals surface area (Å²) >= 11 is 5.87. The zero-order chi connectivity index (χ0) is 15.2. The van der Waals surface area contributed by atoms with Gasteiger partial charge in [-0.3, -0.25) is 4.79 Å². The van der Waals surface area contributed by atoms with Gasteiger partial charge in [0.2, 0.25) is 5.91 Å². The van der Waals surface area contributed by atoms with Crippen LogP contribution in [0.15, 0.2) is 42.6 Å². The van der Waals surface area contributed by atoms with Gasteiger partial charge in [0.05, 0.1) is 6.10 Å². The molecule has 0 unspecified atom stereocenters. The molecule has 1 aromatic carbocycles. The maximum atomic E-state index is 11.1. The van der Waals surface area contributed by atoms with Crippen molar-refractivity contribution < 1.29 is 9.53 Å². The third kappa shape index (κ3) is 4.18. The second-order valence-electron chi connectivity index (χ2n) is 4.45. The Labute approximate surface area is 128 Å². The predicted molar refractivity (Wildman–Crippen MR) is 82.4 cm³/mol. The molecule has 2 rings (SSSR count). The number of aromatic nitrogens is 1. The Morgan fingerprint density at radius 1 is 1.38 bits per heavy atom. The molecule has 0 saturated carbocycles. The molecule has 6 heteroatoms. The molecule has 110 valence electrons. The Bertz CT molecular complexity index is 617. The Kier molecular flexibility index (Phi) is 5.14. The summed E-state index contributed by atoms with van der Waals surface area (Å²) in [7, 11) is 1.63. The van der Waals surface area contributed by atoms with Crippen molar-refractivity contribution in [2.24, 2.45) is 5.73 Å². The van der Waals surface area contributed by atoms with Crippen LogP contribution in [0.1, 0.15) is 22.0 Å². The Morgan fingerprint density at radius 3 is 2.71 bits per heavy atom. The van der Waals surface area contributed by atoms with Gasteiger partial charge in [-0.15, -0.1) is 0 Å². The van der Waals surface area contributed by atoms with Crippen molar-refractivity contribution in [2.75, 3.05) is 19.0 Å². The van der Waals surface area contributed by atoms with Gasteiger partial charge < -0.3 is 15.8 Å². The summed E-state index contributed by atoms with van der Waals surface area (Å²) in [4.78, 5) is 15.3. The van der Waals surface area contributed by atoms with Crippen LogP contribution in [0, 0.1) is 0 Å².